The van der Waals surface area contributed by atoms with Crippen LogP contribution in [0, 0.1) is 19.8 Å². The summed E-state index contributed by atoms with van der Waals surface area (Å²) in [5.74, 6) is 0.773. The molecule has 1 N–H and O–H groups in total. The van der Waals surface area contributed by atoms with Gasteiger partial charge in [0.15, 0.2) is 0 Å². The Kier molecular flexibility index (Phi) is 7.98. The van der Waals surface area contributed by atoms with Crippen LogP contribution in [-0.2, 0) is 0 Å². The molecule has 1 rings (SSSR count). The van der Waals surface area contributed by atoms with Crippen LogP contribution in [-0.4, -0.2) is 31.6 Å². The van der Waals surface area contributed by atoms with E-state index in [0.29, 0.717) is 6.04 Å². The van der Waals surface area contributed by atoms with Crippen LogP contribution >= 0.6 is 0 Å². The van der Waals surface area contributed by atoms with E-state index in [1.165, 1.54) is 36.1 Å². The molecule has 0 saturated carbocycles. The Morgan fingerprint density at radius 2 is 1.90 bits per heavy atom. The molecule has 0 aromatic heterocycles. The fourth-order valence-electron chi connectivity index (χ4n) is 2.61. The summed E-state index contributed by atoms with van der Waals surface area (Å²) in [4.78, 5) is 2.47. The van der Waals surface area contributed by atoms with Crippen LogP contribution in [0.2, 0.25) is 0 Å². The van der Waals surface area contributed by atoms with Gasteiger partial charge in [-0.15, -0.1) is 0 Å². The van der Waals surface area contributed by atoms with Crippen LogP contribution in [0.5, 0.6) is 0 Å². The summed E-state index contributed by atoms with van der Waals surface area (Å²) in [5.41, 5.74) is 4.20. The van der Waals surface area contributed by atoms with Crippen molar-refractivity contribution in [1.82, 2.24) is 10.2 Å². The van der Waals surface area contributed by atoms with Crippen molar-refractivity contribution in [3.8, 4) is 0 Å². The van der Waals surface area contributed by atoms with Gasteiger partial charge in [0.2, 0.25) is 0 Å². The number of nitrogens with one attached hydrogen (secondary N) is 1. The van der Waals surface area contributed by atoms with E-state index in [4.69, 9.17) is 0 Å². The van der Waals surface area contributed by atoms with E-state index in [9.17, 15) is 0 Å². The van der Waals surface area contributed by atoms with Crippen molar-refractivity contribution in [2.45, 2.75) is 53.5 Å². The maximum absolute atomic E-state index is 3.73. The van der Waals surface area contributed by atoms with Crippen molar-refractivity contribution in [3.63, 3.8) is 0 Å². The zero-order valence-electron chi connectivity index (χ0n) is 14.9. The van der Waals surface area contributed by atoms with Gasteiger partial charge in [0.25, 0.3) is 0 Å². The summed E-state index contributed by atoms with van der Waals surface area (Å²) in [6.07, 6.45) is 2.45. The molecule has 0 fully saturated rings. The zero-order chi connectivity index (χ0) is 15.8. The maximum atomic E-state index is 3.73. The lowest BCUT2D eigenvalue weighted by atomic mass is 9.98. The van der Waals surface area contributed by atoms with Gasteiger partial charge in [0.05, 0.1) is 0 Å². The Labute approximate surface area is 131 Å². The molecule has 0 aliphatic heterocycles. The highest BCUT2D eigenvalue weighted by Gasteiger charge is 2.15. The number of benzene rings is 1. The van der Waals surface area contributed by atoms with E-state index in [2.05, 4.69) is 70.1 Å². The van der Waals surface area contributed by atoms with E-state index in [1.54, 1.807) is 0 Å². The number of hydrogen-bond acceptors (Lipinski definition) is 2. The quantitative estimate of drug-likeness (QED) is 0.728. The second-order valence-corrected chi connectivity index (χ2v) is 6.81. The fourth-order valence-corrected chi connectivity index (χ4v) is 2.61. The largest absolute Gasteiger partial charge is 0.309 e. The van der Waals surface area contributed by atoms with E-state index in [0.717, 1.165) is 19.0 Å². The molecule has 2 nitrogen and oxygen atoms in total. The molecular weight excluding hydrogens is 256 g/mol. The van der Waals surface area contributed by atoms with Crippen molar-refractivity contribution >= 4 is 0 Å². The first kappa shape index (κ1) is 18.2. The molecule has 0 saturated heterocycles. The molecule has 21 heavy (non-hydrogen) atoms. The Morgan fingerprint density at radius 3 is 2.52 bits per heavy atom. The minimum atomic E-state index is 0.432. The lowest BCUT2D eigenvalue weighted by Gasteiger charge is -2.27. The van der Waals surface area contributed by atoms with Crippen LogP contribution in [0.3, 0.4) is 0 Å². The first-order valence-corrected chi connectivity index (χ1v) is 8.43. The molecule has 120 valence electrons. The predicted molar refractivity (Wildman–Crippen MR) is 93.9 cm³/mol. The molecule has 1 aromatic rings. The summed E-state index contributed by atoms with van der Waals surface area (Å²) in [6.45, 7) is 14.6. The van der Waals surface area contributed by atoms with Crippen LogP contribution in [0.15, 0.2) is 18.2 Å². The van der Waals surface area contributed by atoms with Crippen LogP contribution in [0.25, 0.3) is 0 Å². The third-order valence-corrected chi connectivity index (χ3v) is 4.03. The number of rotatable bonds is 9. The second kappa shape index (κ2) is 9.22. The smallest absolute Gasteiger partial charge is 0.0451 e. The van der Waals surface area contributed by atoms with Gasteiger partial charge in [-0.25, -0.2) is 0 Å². The highest BCUT2D eigenvalue weighted by molar-refractivity contribution is 5.33. The van der Waals surface area contributed by atoms with Gasteiger partial charge in [0, 0.05) is 12.6 Å². The Bertz CT molecular complexity index is 412. The average Bonchev–Trinajstić information content (AvgIpc) is 2.44. The SMILES string of the molecule is CCCNC(CN(C)CCC(C)C)c1cc(C)ccc1C. The van der Waals surface area contributed by atoms with E-state index in [-0.39, 0.29) is 0 Å². The molecule has 0 spiro atoms. The monoisotopic (exact) mass is 290 g/mol. The van der Waals surface area contributed by atoms with Gasteiger partial charge in [0.1, 0.15) is 0 Å². The fraction of sp³-hybridized carbons (Fsp3) is 0.684. The van der Waals surface area contributed by atoms with Crippen molar-refractivity contribution in [2.24, 2.45) is 5.92 Å². The van der Waals surface area contributed by atoms with Crippen LogP contribution in [0.4, 0.5) is 0 Å². The lowest BCUT2D eigenvalue weighted by Crippen LogP contribution is -2.34. The van der Waals surface area contributed by atoms with E-state index < -0.39 is 0 Å². The topological polar surface area (TPSA) is 15.3 Å². The summed E-state index contributed by atoms with van der Waals surface area (Å²) < 4.78 is 0. The molecule has 1 atom stereocenters. The minimum Gasteiger partial charge on any atom is -0.309 e. The normalized spacial score (nSPS) is 13.1. The van der Waals surface area contributed by atoms with Gasteiger partial charge < -0.3 is 10.2 Å². The second-order valence-electron chi connectivity index (χ2n) is 6.81. The molecule has 0 radical (unpaired) electrons. The molecule has 0 aliphatic rings. The molecule has 2 heteroatoms. The zero-order valence-corrected chi connectivity index (χ0v) is 14.9. The van der Waals surface area contributed by atoms with Gasteiger partial charge in [-0.2, -0.15) is 0 Å². The molecular formula is C19H34N2. The number of nitrogens with zero attached hydrogens (tertiary/aromatic N) is 1. The van der Waals surface area contributed by atoms with E-state index in [1.807, 2.05) is 0 Å². The summed E-state index contributed by atoms with van der Waals surface area (Å²) in [7, 11) is 2.24. The highest BCUT2D eigenvalue weighted by atomic mass is 15.1. The molecule has 0 heterocycles. The van der Waals surface area contributed by atoms with Crippen molar-refractivity contribution in [3.05, 3.63) is 34.9 Å². The Hall–Kier alpha value is -0.860. The predicted octanol–water partition coefficient (Wildman–Crippen LogP) is 4.32. The van der Waals surface area contributed by atoms with Gasteiger partial charge in [-0.3, -0.25) is 0 Å². The maximum Gasteiger partial charge on any atom is 0.0451 e. The average molecular weight is 290 g/mol. The standard InChI is InChI=1S/C19H34N2/c1-7-11-20-19(14-21(6)12-10-15(2)3)18-13-16(4)8-9-17(18)5/h8-9,13,15,19-20H,7,10-12,14H2,1-6H3. The number of likely N-dealkylation sites (N-methyl/N-ethyl adjacent to an activating group) is 1. The van der Waals surface area contributed by atoms with Gasteiger partial charge >= 0.3 is 0 Å². The first-order chi connectivity index (χ1) is 9.93. The van der Waals surface area contributed by atoms with Crippen LogP contribution in [0.1, 0.15) is 56.3 Å². The minimum absolute atomic E-state index is 0.432. The molecule has 1 aromatic carbocycles. The van der Waals surface area contributed by atoms with Gasteiger partial charge in [-0.05, 0) is 63.9 Å². The molecule has 1 unspecified atom stereocenters. The number of aryl methyl sites for hydroxylation is 2. The lowest BCUT2D eigenvalue weighted by molar-refractivity contribution is 0.274. The van der Waals surface area contributed by atoms with Gasteiger partial charge in [-0.1, -0.05) is 44.5 Å². The Morgan fingerprint density at radius 1 is 1.19 bits per heavy atom. The van der Waals surface area contributed by atoms with Crippen molar-refractivity contribution < 1.29 is 0 Å². The van der Waals surface area contributed by atoms with Crippen molar-refractivity contribution in [1.29, 1.82) is 0 Å². The molecule has 0 amide bonds. The highest BCUT2D eigenvalue weighted by Crippen LogP contribution is 2.20. The first-order valence-electron chi connectivity index (χ1n) is 8.43. The summed E-state index contributed by atoms with van der Waals surface area (Å²) in [6, 6.07) is 7.23. The van der Waals surface area contributed by atoms with Crippen molar-refractivity contribution in [2.75, 3.05) is 26.7 Å². The number of hydrogen-bond donors (Lipinski definition) is 1. The molecule has 0 bridgehead atoms. The van der Waals surface area contributed by atoms with Crippen LogP contribution < -0.4 is 5.32 Å². The molecule has 0 aliphatic carbocycles. The van der Waals surface area contributed by atoms with E-state index >= 15 is 0 Å². The third kappa shape index (κ3) is 6.62. The Balaban J connectivity index is 2.77. The summed E-state index contributed by atoms with van der Waals surface area (Å²) in [5, 5.41) is 3.73. The summed E-state index contributed by atoms with van der Waals surface area (Å²) >= 11 is 0. The third-order valence-electron chi connectivity index (χ3n) is 4.03.